The molecule has 8 heteroatoms. The first-order chi connectivity index (χ1) is 9.79. The van der Waals surface area contributed by atoms with Gasteiger partial charge in [0.15, 0.2) is 0 Å². The highest BCUT2D eigenvalue weighted by atomic mass is 127. The Kier molecular flexibility index (Phi) is 4.79. The van der Waals surface area contributed by atoms with Gasteiger partial charge >= 0.3 is 0 Å². The fraction of sp³-hybridized carbons (Fsp3) is 0. The second kappa shape index (κ2) is 6.24. The summed E-state index contributed by atoms with van der Waals surface area (Å²) in [6.45, 7) is 0. The number of sulfonamides is 1. The largest absolute Gasteiger partial charge is 0.389 e. The van der Waals surface area contributed by atoms with Gasteiger partial charge in [0.05, 0.1) is 4.90 Å². The van der Waals surface area contributed by atoms with Gasteiger partial charge in [-0.25, -0.2) is 12.8 Å². The molecule has 0 bridgehead atoms. The van der Waals surface area contributed by atoms with Crippen molar-refractivity contribution in [2.75, 3.05) is 4.72 Å². The molecule has 2 aromatic rings. The van der Waals surface area contributed by atoms with E-state index >= 15 is 0 Å². The van der Waals surface area contributed by atoms with Crippen molar-refractivity contribution in [2.24, 2.45) is 5.73 Å². The van der Waals surface area contributed by atoms with Crippen LogP contribution in [0.5, 0.6) is 0 Å². The standard InChI is InChI=1S/C13H10FIN2O2S2/c14-12-5-4-10(7-11(12)13(16)20)21(18,19)17-9-3-1-2-8(15)6-9/h1-7,17H,(H2,16,20). The van der Waals surface area contributed by atoms with Crippen LogP contribution < -0.4 is 10.5 Å². The van der Waals surface area contributed by atoms with Gasteiger partial charge < -0.3 is 5.73 Å². The van der Waals surface area contributed by atoms with Crippen LogP contribution >= 0.6 is 34.8 Å². The van der Waals surface area contributed by atoms with E-state index in [1.165, 1.54) is 0 Å². The van der Waals surface area contributed by atoms with Crippen molar-refractivity contribution in [3.8, 4) is 0 Å². The van der Waals surface area contributed by atoms with E-state index < -0.39 is 15.8 Å². The van der Waals surface area contributed by atoms with E-state index in [1.807, 2.05) is 6.07 Å². The van der Waals surface area contributed by atoms with Crippen molar-refractivity contribution in [1.82, 2.24) is 0 Å². The second-order valence-corrected chi connectivity index (χ2v) is 7.49. The van der Waals surface area contributed by atoms with Crippen LogP contribution in [0.4, 0.5) is 10.1 Å². The highest BCUT2D eigenvalue weighted by Gasteiger charge is 2.17. The minimum absolute atomic E-state index is 0.101. The molecule has 0 heterocycles. The third kappa shape index (κ3) is 3.89. The summed E-state index contributed by atoms with van der Waals surface area (Å²) in [7, 11) is -3.84. The first kappa shape index (κ1) is 16.1. The average Bonchev–Trinajstić information content (AvgIpc) is 2.38. The van der Waals surface area contributed by atoms with E-state index in [2.05, 4.69) is 27.3 Å². The van der Waals surface area contributed by atoms with Gasteiger partial charge in [-0.1, -0.05) is 18.3 Å². The normalized spacial score (nSPS) is 11.1. The maximum atomic E-state index is 13.5. The number of nitrogens with one attached hydrogen (secondary N) is 1. The fourth-order valence-corrected chi connectivity index (χ4v) is 3.40. The van der Waals surface area contributed by atoms with E-state index in [1.54, 1.807) is 18.2 Å². The number of halogens is 2. The van der Waals surface area contributed by atoms with Crippen LogP contribution in [0.1, 0.15) is 5.56 Å². The summed E-state index contributed by atoms with van der Waals surface area (Å²) in [5.41, 5.74) is 5.69. The molecule has 21 heavy (non-hydrogen) atoms. The van der Waals surface area contributed by atoms with Crippen molar-refractivity contribution < 1.29 is 12.8 Å². The topological polar surface area (TPSA) is 72.2 Å². The maximum absolute atomic E-state index is 13.5. The van der Waals surface area contributed by atoms with E-state index in [0.29, 0.717) is 5.69 Å². The third-order valence-electron chi connectivity index (χ3n) is 2.59. The van der Waals surface area contributed by atoms with Gasteiger partial charge in [0.1, 0.15) is 10.8 Å². The van der Waals surface area contributed by atoms with Crippen LogP contribution in [0.2, 0.25) is 0 Å². The molecule has 0 amide bonds. The zero-order valence-corrected chi connectivity index (χ0v) is 14.3. The molecule has 4 nitrogen and oxygen atoms in total. The molecular weight excluding hydrogens is 426 g/mol. The quantitative estimate of drug-likeness (QED) is 0.571. The van der Waals surface area contributed by atoms with Gasteiger partial charge in [0.2, 0.25) is 0 Å². The van der Waals surface area contributed by atoms with Crippen molar-refractivity contribution >= 4 is 55.5 Å². The molecule has 0 fully saturated rings. The molecule has 0 aliphatic rings. The Morgan fingerprint density at radius 2 is 1.95 bits per heavy atom. The minimum Gasteiger partial charge on any atom is -0.389 e. The van der Waals surface area contributed by atoms with Gasteiger partial charge in [-0.2, -0.15) is 0 Å². The molecule has 0 atom stereocenters. The Balaban J connectivity index is 2.40. The second-order valence-electron chi connectivity index (χ2n) is 4.12. The van der Waals surface area contributed by atoms with Crippen molar-refractivity contribution in [2.45, 2.75) is 4.90 Å². The molecule has 0 saturated heterocycles. The summed E-state index contributed by atoms with van der Waals surface area (Å²) in [4.78, 5) is -0.302. The predicted molar refractivity (Wildman–Crippen MR) is 92.3 cm³/mol. The summed E-state index contributed by atoms with van der Waals surface area (Å²) in [5, 5.41) is 0. The fourth-order valence-electron chi connectivity index (χ4n) is 1.63. The Morgan fingerprint density at radius 3 is 2.57 bits per heavy atom. The summed E-state index contributed by atoms with van der Waals surface area (Å²) in [6, 6.07) is 10.2. The monoisotopic (exact) mass is 436 g/mol. The lowest BCUT2D eigenvalue weighted by Gasteiger charge is -2.10. The summed E-state index contributed by atoms with van der Waals surface area (Å²) in [5.74, 6) is -0.657. The Labute approximate surface area is 140 Å². The third-order valence-corrected chi connectivity index (χ3v) is 4.86. The van der Waals surface area contributed by atoms with E-state index in [0.717, 1.165) is 21.8 Å². The van der Waals surface area contributed by atoms with E-state index in [9.17, 15) is 12.8 Å². The Morgan fingerprint density at radius 1 is 1.24 bits per heavy atom. The highest BCUT2D eigenvalue weighted by Crippen LogP contribution is 2.20. The van der Waals surface area contributed by atoms with E-state index in [-0.39, 0.29) is 15.4 Å². The van der Waals surface area contributed by atoms with Crippen LogP contribution in [0.15, 0.2) is 47.4 Å². The maximum Gasteiger partial charge on any atom is 0.261 e. The van der Waals surface area contributed by atoms with Crippen LogP contribution in [-0.2, 0) is 10.0 Å². The number of benzene rings is 2. The first-order valence-electron chi connectivity index (χ1n) is 5.67. The lowest BCUT2D eigenvalue weighted by atomic mass is 10.2. The molecular formula is C13H10FIN2O2S2. The van der Waals surface area contributed by atoms with Crippen molar-refractivity contribution in [1.29, 1.82) is 0 Å². The molecule has 0 unspecified atom stereocenters. The minimum atomic E-state index is -3.84. The van der Waals surface area contributed by atoms with Crippen molar-refractivity contribution in [3.63, 3.8) is 0 Å². The smallest absolute Gasteiger partial charge is 0.261 e. The van der Waals surface area contributed by atoms with Gasteiger partial charge in [-0.3, -0.25) is 4.72 Å². The zero-order valence-electron chi connectivity index (χ0n) is 10.5. The molecule has 0 aliphatic heterocycles. The molecule has 0 saturated carbocycles. The molecule has 3 N–H and O–H groups in total. The molecule has 110 valence electrons. The summed E-state index contributed by atoms with van der Waals surface area (Å²) < 4.78 is 41.4. The SMILES string of the molecule is NC(=S)c1cc(S(=O)(=O)Nc2cccc(I)c2)ccc1F. The molecule has 0 aliphatic carbocycles. The predicted octanol–water partition coefficient (Wildman–Crippen LogP) is 2.87. The van der Waals surface area contributed by atoms with Gasteiger partial charge in [-0.15, -0.1) is 0 Å². The highest BCUT2D eigenvalue weighted by molar-refractivity contribution is 14.1. The number of nitrogens with two attached hydrogens (primary N) is 1. The molecule has 0 aromatic heterocycles. The molecule has 0 radical (unpaired) electrons. The average molecular weight is 436 g/mol. The number of anilines is 1. The number of hydrogen-bond acceptors (Lipinski definition) is 3. The van der Waals surface area contributed by atoms with Crippen molar-refractivity contribution in [3.05, 3.63) is 57.4 Å². The van der Waals surface area contributed by atoms with E-state index in [4.69, 9.17) is 18.0 Å². The number of thiocarbonyl (C=S) groups is 1. The zero-order chi connectivity index (χ0) is 15.6. The molecule has 2 rings (SSSR count). The van der Waals surface area contributed by atoms with Crippen LogP contribution in [0.3, 0.4) is 0 Å². The molecule has 2 aromatic carbocycles. The number of hydrogen-bond donors (Lipinski definition) is 2. The van der Waals surface area contributed by atoms with Gasteiger partial charge in [0.25, 0.3) is 10.0 Å². The summed E-state index contributed by atoms with van der Waals surface area (Å²) in [6.07, 6.45) is 0. The Bertz CT molecular complexity index is 810. The lowest BCUT2D eigenvalue weighted by molar-refractivity contribution is 0.599. The number of rotatable bonds is 4. The first-order valence-corrected chi connectivity index (χ1v) is 8.64. The lowest BCUT2D eigenvalue weighted by Crippen LogP contribution is -2.16. The van der Waals surface area contributed by atoms with Gasteiger partial charge in [-0.05, 0) is 59.0 Å². The van der Waals surface area contributed by atoms with Crippen LogP contribution in [-0.4, -0.2) is 13.4 Å². The van der Waals surface area contributed by atoms with Gasteiger partial charge in [0, 0.05) is 14.8 Å². The van der Waals surface area contributed by atoms with Crippen LogP contribution in [0.25, 0.3) is 0 Å². The molecule has 0 spiro atoms. The van der Waals surface area contributed by atoms with Crippen LogP contribution in [0, 0.1) is 9.39 Å². The Hall–Kier alpha value is -1.26. The summed E-state index contributed by atoms with van der Waals surface area (Å²) >= 11 is 6.77.